The van der Waals surface area contributed by atoms with Crippen molar-refractivity contribution in [3.63, 3.8) is 0 Å². The first kappa shape index (κ1) is 12.8. The summed E-state index contributed by atoms with van der Waals surface area (Å²) in [6.45, 7) is 2.07. The first-order valence-electron chi connectivity index (χ1n) is 5.74. The van der Waals surface area contributed by atoms with E-state index in [1.807, 2.05) is 24.3 Å². The Morgan fingerprint density at radius 2 is 2.00 bits per heavy atom. The first-order chi connectivity index (χ1) is 8.69. The van der Waals surface area contributed by atoms with Crippen molar-refractivity contribution in [2.24, 2.45) is 0 Å². The largest absolute Gasteiger partial charge is 0.508 e. The third-order valence-electron chi connectivity index (χ3n) is 2.65. The predicted molar refractivity (Wildman–Crippen MR) is 75.4 cm³/mol. The van der Waals surface area contributed by atoms with Gasteiger partial charge < -0.3 is 9.84 Å². The van der Waals surface area contributed by atoms with Crippen molar-refractivity contribution >= 4 is 11.8 Å². The molecule has 2 nitrogen and oxygen atoms in total. The highest BCUT2D eigenvalue weighted by Crippen LogP contribution is 2.30. The van der Waals surface area contributed by atoms with Crippen molar-refractivity contribution in [3.05, 3.63) is 53.6 Å². The van der Waals surface area contributed by atoms with E-state index in [-0.39, 0.29) is 0 Å². The van der Waals surface area contributed by atoms with E-state index in [9.17, 15) is 5.11 Å². The van der Waals surface area contributed by atoms with Crippen LogP contribution in [0.5, 0.6) is 11.5 Å². The van der Waals surface area contributed by atoms with Crippen LogP contribution in [0.2, 0.25) is 0 Å². The molecule has 2 aromatic rings. The van der Waals surface area contributed by atoms with Crippen molar-refractivity contribution in [3.8, 4) is 11.5 Å². The summed E-state index contributed by atoms with van der Waals surface area (Å²) in [7, 11) is 1.69. The molecule has 0 spiro atoms. The molecule has 0 atom stereocenters. The second kappa shape index (κ2) is 5.83. The standard InChI is InChI=1S/C15H16O2S/c1-11-6-7-15(17-2)12(8-11)10-18-14-5-3-4-13(16)9-14/h3-9,16H,10H2,1-2H3. The Labute approximate surface area is 112 Å². The number of phenolic OH excluding ortho intramolecular Hbond substituents is 1. The number of phenols is 1. The SMILES string of the molecule is COc1ccc(C)cc1CSc1cccc(O)c1. The molecule has 0 amide bonds. The number of hydrogen-bond acceptors (Lipinski definition) is 3. The van der Waals surface area contributed by atoms with Gasteiger partial charge in [-0.2, -0.15) is 0 Å². The smallest absolute Gasteiger partial charge is 0.122 e. The van der Waals surface area contributed by atoms with Crippen LogP contribution < -0.4 is 4.74 Å². The van der Waals surface area contributed by atoms with Gasteiger partial charge in [0.25, 0.3) is 0 Å². The summed E-state index contributed by atoms with van der Waals surface area (Å²) < 4.78 is 5.35. The maximum absolute atomic E-state index is 9.42. The molecule has 0 aliphatic heterocycles. The molecular weight excluding hydrogens is 244 g/mol. The van der Waals surface area contributed by atoms with Crippen LogP contribution in [0.15, 0.2) is 47.4 Å². The number of methoxy groups -OCH3 is 1. The summed E-state index contributed by atoms with van der Waals surface area (Å²) in [6, 6.07) is 13.5. The van der Waals surface area contributed by atoms with E-state index < -0.39 is 0 Å². The van der Waals surface area contributed by atoms with Crippen LogP contribution in [0, 0.1) is 6.92 Å². The highest BCUT2D eigenvalue weighted by molar-refractivity contribution is 7.98. The van der Waals surface area contributed by atoms with Crippen LogP contribution >= 0.6 is 11.8 Å². The molecule has 0 heterocycles. The van der Waals surface area contributed by atoms with Crippen LogP contribution in [0.3, 0.4) is 0 Å². The van der Waals surface area contributed by atoms with Gasteiger partial charge in [-0.05, 0) is 31.2 Å². The number of hydrogen-bond donors (Lipinski definition) is 1. The van der Waals surface area contributed by atoms with Crippen LogP contribution in [-0.4, -0.2) is 12.2 Å². The van der Waals surface area contributed by atoms with Crippen LogP contribution in [0.4, 0.5) is 0 Å². The van der Waals surface area contributed by atoms with Crippen LogP contribution in [0.1, 0.15) is 11.1 Å². The molecule has 2 aromatic carbocycles. The molecule has 0 saturated carbocycles. The fourth-order valence-corrected chi connectivity index (χ4v) is 2.68. The molecule has 94 valence electrons. The number of ether oxygens (including phenoxy) is 1. The second-order valence-electron chi connectivity index (χ2n) is 4.10. The topological polar surface area (TPSA) is 29.5 Å². The lowest BCUT2D eigenvalue weighted by atomic mass is 10.1. The minimum atomic E-state index is 0.302. The van der Waals surface area contributed by atoms with Gasteiger partial charge in [-0.25, -0.2) is 0 Å². The number of thioether (sulfide) groups is 1. The molecule has 0 saturated heterocycles. The summed E-state index contributed by atoms with van der Waals surface area (Å²) in [5.41, 5.74) is 2.40. The molecule has 0 bridgehead atoms. The summed E-state index contributed by atoms with van der Waals surface area (Å²) >= 11 is 1.69. The van der Waals surface area contributed by atoms with Gasteiger partial charge in [-0.15, -0.1) is 11.8 Å². The number of aromatic hydroxyl groups is 1. The fraction of sp³-hybridized carbons (Fsp3) is 0.200. The Morgan fingerprint density at radius 1 is 1.17 bits per heavy atom. The molecule has 0 radical (unpaired) electrons. The first-order valence-corrected chi connectivity index (χ1v) is 6.73. The Balaban J connectivity index is 2.12. The second-order valence-corrected chi connectivity index (χ2v) is 5.15. The molecule has 2 rings (SSSR count). The molecule has 0 aliphatic rings. The van der Waals surface area contributed by atoms with Crippen LogP contribution in [0.25, 0.3) is 0 Å². The summed E-state index contributed by atoms with van der Waals surface area (Å²) in [6.07, 6.45) is 0. The minimum Gasteiger partial charge on any atom is -0.508 e. The molecule has 1 N–H and O–H groups in total. The Kier molecular flexibility index (Phi) is 4.15. The van der Waals surface area contributed by atoms with Gasteiger partial charge >= 0.3 is 0 Å². The monoisotopic (exact) mass is 260 g/mol. The molecular formula is C15H16O2S. The molecule has 0 aromatic heterocycles. The number of benzene rings is 2. The zero-order valence-corrected chi connectivity index (χ0v) is 11.3. The zero-order chi connectivity index (χ0) is 13.0. The Hall–Kier alpha value is -1.61. The predicted octanol–water partition coefficient (Wildman–Crippen LogP) is 4.00. The van der Waals surface area contributed by atoms with Crippen LogP contribution in [-0.2, 0) is 5.75 Å². The van der Waals surface area contributed by atoms with Gasteiger partial charge in [-0.3, -0.25) is 0 Å². The molecule has 0 fully saturated rings. The van der Waals surface area contributed by atoms with Gasteiger partial charge in [-0.1, -0.05) is 23.8 Å². The normalized spacial score (nSPS) is 10.3. The highest BCUT2D eigenvalue weighted by Gasteiger charge is 2.04. The van der Waals surface area contributed by atoms with Crippen molar-refractivity contribution in [2.75, 3.05) is 7.11 Å². The van der Waals surface area contributed by atoms with Gasteiger partial charge in [0.1, 0.15) is 11.5 Å². The van der Waals surface area contributed by atoms with Gasteiger partial charge in [0.15, 0.2) is 0 Å². The highest BCUT2D eigenvalue weighted by atomic mass is 32.2. The summed E-state index contributed by atoms with van der Waals surface area (Å²) in [5.74, 6) is 2.04. The lowest BCUT2D eigenvalue weighted by Crippen LogP contribution is -1.91. The van der Waals surface area contributed by atoms with Crippen molar-refractivity contribution < 1.29 is 9.84 Å². The van der Waals surface area contributed by atoms with Crippen molar-refractivity contribution in [1.29, 1.82) is 0 Å². The maximum Gasteiger partial charge on any atom is 0.122 e. The number of rotatable bonds is 4. The zero-order valence-electron chi connectivity index (χ0n) is 10.5. The van der Waals surface area contributed by atoms with Gasteiger partial charge in [0, 0.05) is 16.2 Å². The number of aryl methyl sites for hydroxylation is 1. The Bertz CT molecular complexity index is 538. The van der Waals surface area contributed by atoms with Crippen molar-refractivity contribution in [2.45, 2.75) is 17.6 Å². The van der Waals surface area contributed by atoms with Gasteiger partial charge in [0.2, 0.25) is 0 Å². The fourth-order valence-electron chi connectivity index (χ4n) is 1.75. The van der Waals surface area contributed by atoms with E-state index >= 15 is 0 Å². The lowest BCUT2D eigenvalue weighted by Gasteiger charge is -2.09. The van der Waals surface area contributed by atoms with Gasteiger partial charge in [0.05, 0.1) is 7.11 Å². The molecule has 18 heavy (non-hydrogen) atoms. The summed E-state index contributed by atoms with van der Waals surface area (Å²) in [5, 5.41) is 9.42. The van der Waals surface area contributed by atoms with E-state index in [0.29, 0.717) is 5.75 Å². The average molecular weight is 260 g/mol. The van der Waals surface area contributed by atoms with E-state index in [4.69, 9.17) is 4.74 Å². The van der Waals surface area contributed by atoms with E-state index in [1.165, 1.54) is 11.1 Å². The molecule has 3 heteroatoms. The third-order valence-corrected chi connectivity index (χ3v) is 3.69. The van der Waals surface area contributed by atoms with E-state index in [2.05, 4.69) is 13.0 Å². The Morgan fingerprint density at radius 3 is 2.72 bits per heavy atom. The van der Waals surface area contributed by atoms with E-state index in [0.717, 1.165) is 16.4 Å². The third kappa shape index (κ3) is 3.20. The van der Waals surface area contributed by atoms with E-state index in [1.54, 1.807) is 31.0 Å². The maximum atomic E-state index is 9.42. The average Bonchev–Trinajstić information content (AvgIpc) is 2.37. The van der Waals surface area contributed by atoms with Crippen molar-refractivity contribution in [1.82, 2.24) is 0 Å². The quantitative estimate of drug-likeness (QED) is 0.842. The summed E-state index contributed by atoms with van der Waals surface area (Å²) in [4.78, 5) is 1.05. The minimum absolute atomic E-state index is 0.302. The lowest BCUT2D eigenvalue weighted by molar-refractivity contribution is 0.411. The molecule has 0 aliphatic carbocycles. The molecule has 0 unspecified atom stereocenters.